The smallest absolute Gasteiger partial charge is 0.307 e. The van der Waals surface area contributed by atoms with E-state index in [1.165, 1.54) is 7.05 Å². The van der Waals surface area contributed by atoms with Gasteiger partial charge in [0.15, 0.2) is 0 Å². The number of ether oxygens (including phenoxy) is 1. The maximum absolute atomic E-state index is 11.7. The molecular weight excluding hydrogens is 244 g/mol. The van der Waals surface area contributed by atoms with E-state index in [2.05, 4.69) is 4.72 Å². The standard InChI is InChI=1S/C10H22N2O4S/c1-5-16-10(13)6-7-12(4)17(14,15)11-8-9(2)3/h9,11H,5-8H2,1-4H3. The number of hydrogen-bond donors (Lipinski definition) is 1. The molecule has 6 nitrogen and oxygen atoms in total. The second kappa shape index (κ2) is 7.62. The highest BCUT2D eigenvalue weighted by Crippen LogP contribution is 1.99. The van der Waals surface area contributed by atoms with Crippen molar-refractivity contribution in [2.45, 2.75) is 27.2 Å². The van der Waals surface area contributed by atoms with E-state index in [1.54, 1.807) is 6.92 Å². The van der Waals surface area contributed by atoms with Crippen LogP contribution in [0.3, 0.4) is 0 Å². The Labute approximate surface area is 104 Å². The number of hydrogen-bond acceptors (Lipinski definition) is 4. The number of carbonyl (C=O) groups excluding carboxylic acids is 1. The fraction of sp³-hybridized carbons (Fsp3) is 0.900. The predicted molar refractivity (Wildman–Crippen MR) is 65.6 cm³/mol. The summed E-state index contributed by atoms with van der Waals surface area (Å²) in [6.07, 6.45) is 0.0624. The Morgan fingerprint density at radius 1 is 1.41 bits per heavy atom. The van der Waals surface area contributed by atoms with Crippen LogP contribution < -0.4 is 4.72 Å². The monoisotopic (exact) mass is 266 g/mol. The maximum atomic E-state index is 11.7. The largest absolute Gasteiger partial charge is 0.466 e. The van der Waals surface area contributed by atoms with Crippen molar-refractivity contribution in [3.63, 3.8) is 0 Å². The van der Waals surface area contributed by atoms with Crippen LogP contribution in [0.2, 0.25) is 0 Å². The average molecular weight is 266 g/mol. The topological polar surface area (TPSA) is 75.7 Å². The van der Waals surface area contributed by atoms with Crippen LogP contribution in [0, 0.1) is 5.92 Å². The van der Waals surface area contributed by atoms with Crippen molar-refractivity contribution in [2.24, 2.45) is 5.92 Å². The zero-order valence-electron chi connectivity index (χ0n) is 10.9. The Bertz CT molecular complexity index is 327. The average Bonchev–Trinajstić information content (AvgIpc) is 2.23. The number of rotatable bonds is 8. The van der Waals surface area contributed by atoms with Crippen molar-refractivity contribution in [1.29, 1.82) is 0 Å². The molecule has 0 radical (unpaired) electrons. The van der Waals surface area contributed by atoms with E-state index in [9.17, 15) is 13.2 Å². The minimum atomic E-state index is -3.49. The molecule has 0 rings (SSSR count). The molecule has 0 aliphatic rings. The third kappa shape index (κ3) is 7.30. The van der Waals surface area contributed by atoms with E-state index < -0.39 is 16.2 Å². The first-order valence-corrected chi connectivity index (χ1v) is 7.10. The lowest BCUT2D eigenvalue weighted by Crippen LogP contribution is -2.40. The van der Waals surface area contributed by atoms with Gasteiger partial charge in [-0.05, 0) is 12.8 Å². The molecule has 0 heterocycles. The molecule has 0 saturated carbocycles. The van der Waals surface area contributed by atoms with Gasteiger partial charge in [0, 0.05) is 20.1 Å². The SMILES string of the molecule is CCOC(=O)CCN(C)S(=O)(=O)NCC(C)C. The molecule has 0 spiro atoms. The zero-order valence-corrected chi connectivity index (χ0v) is 11.7. The van der Waals surface area contributed by atoms with Crippen molar-refractivity contribution in [2.75, 3.05) is 26.7 Å². The first-order valence-electron chi connectivity index (χ1n) is 5.66. The van der Waals surface area contributed by atoms with E-state index in [4.69, 9.17) is 4.74 Å². The second-order valence-electron chi connectivity index (χ2n) is 4.12. The van der Waals surface area contributed by atoms with Gasteiger partial charge in [0.1, 0.15) is 0 Å². The third-order valence-electron chi connectivity index (χ3n) is 2.02. The summed E-state index contributed by atoms with van der Waals surface area (Å²) in [6, 6.07) is 0. The fourth-order valence-corrected chi connectivity index (χ4v) is 2.08. The molecule has 0 unspecified atom stereocenters. The van der Waals surface area contributed by atoms with Crippen LogP contribution in [0.4, 0.5) is 0 Å². The van der Waals surface area contributed by atoms with Gasteiger partial charge in [-0.15, -0.1) is 0 Å². The summed E-state index contributed by atoms with van der Waals surface area (Å²) in [7, 11) is -2.06. The zero-order chi connectivity index (χ0) is 13.5. The summed E-state index contributed by atoms with van der Waals surface area (Å²) in [5.41, 5.74) is 0. The Balaban J connectivity index is 4.11. The summed E-state index contributed by atoms with van der Waals surface area (Å²) in [5, 5.41) is 0. The van der Waals surface area contributed by atoms with E-state index >= 15 is 0 Å². The van der Waals surface area contributed by atoms with Crippen molar-refractivity contribution < 1.29 is 17.9 Å². The normalized spacial score (nSPS) is 12.1. The van der Waals surface area contributed by atoms with Gasteiger partial charge >= 0.3 is 5.97 Å². The Hall–Kier alpha value is -0.660. The summed E-state index contributed by atoms with van der Waals surface area (Å²) >= 11 is 0. The van der Waals surface area contributed by atoms with Crippen LogP contribution in [-0.4, -0.2) is 45.4 Å². The molecule has 0 aliphatic carbocycles. The first-order chi connectivity index (χ1) is 7.79. The lowest BCUT2D eigenvalue weighted by Gasteiger charge is -2.18. The Morgan fingerprint density at radius 2 is 2.00 bits per heavy atom. The molecular formula is C10H22N2O4S. The van der Waals surface area contributed by atoms with Crippen LogP contribution in [0.25, 0.3) is 0 Å². The lowest BCUT2D eigenvalue weighted by atomic mass is 10.2. The highest BCUT2D eigenvalue weighted by atomic mass is 32.2. The molecule has 0 aromatic carbocycles. The van der Waals surface area contributed by atoms with Gasteiger partial charge in [-0.25, -0.2) is 4.72 Å². The number of esters is 1. The second-order valence-corrected chi connectivity index (χ2v) is 5.99. The highest BCUT2D eigenvalue weighted by molar-refractivity contribution is 7.87. The first kappa shape index (κ1) is 16.3. The summed E-state index contributed by atoms with van der Waals surface area (Å²) in [5.74, 6) is -0.151. The predicted octanol–water partition coefficient (Wildman–Crippen LogP) is 0.362. The summed E-state index contributed by atoms with van der Waals surface area (Å²) in [4.78, 5) is 11.1. The van der Waals surface area contributed by atoms with Gasteiger partial charge < -0.3 is 4.74 Å². The Kier molecular flexibility index (Phi) is 7.33. The van der Waals surface area contributed by atoms with Crippen LogP contribution in [0.1, 0.15) is 27.2 Å². The van der Waals surface area contributed by atoms with E-state index in [0.29, 0.717) is 13.2 Å². The van der Waals surface area contributed by atoms with Crippen molar-refractivity contribution in [1.82, 2.24) is 9.03 Å². The van der Waals surface area contributed by atoms with Crippen molar-refractivity contribution in [3.8, 4) is 0 Å². The maximum Gasteiger partial charge on any atom is 0.307 e. The van der Waals surface area contributed by atoms with E-state index in [-0.39, 0.29) is 18.9 Å². The summed E-state index contributed by atoms with van der Waals surface area (Å²) < 4.78 is 31.6. The number of nitrogens with one attached hydrogen (secondary N) is 1. The molecule has 0 atom stereocenters. The third-order valence-corrected chi connectivity index (χ3v) is 3.56. The molecule has 17 heavy (non-hydrogen) atoms. The molecule has 0 amide bonds. The van der Waals surface area contributed by atoms with Crippen LogP contribution >= 0.6 is 0 Å². The molecule has 1 N–H and O–H groups in total. The molecule has 0 aliphatic heterocycles. The molecule has 0 saturated heterocycles. The minimum Gasteiger partial charge on any atom is -0.466 e. The van der Waals surface area contributed by atoms with Crippen LogP contribution in [-0.2, 0) is 19.7 Å². The molecule has 0 bridgehead atoms. The lowest BCUT2D eigenvalue weighted by molar-refractivity contribution is -0.143. The van der Waals surface area contributed by atoms with E-state index in [0.717, 1.165) is 4.31 Å². The quantitative estimate of drug-likeness (QED) is 0.644. The van der Waals surface area contributed by atoms with Crippen molar-refractivity contribution >= 4 is 16.2 Å². The molecule has 102 valence electrons. The molecule has 0 aromatic heterocycles. The summed E-state index contributed by atoms with van der Waals surface area (Å²) in [6.45, 7) is 6.35. The molecule has 0 aromatic rings. The fourth-order valence-electron chi connectivity index (χ4n) is 0.984. The minimum absolute atomic E-state index is 0.0624. The van der Waals surface area contributed by atoms with Gasteiger partial charge in [-0.1, -0.05) is 13.8 Å². The van der Waals surface area contributed by atoms with Crippen LogP contribution in [0.5, 0.6) is 0 Å². The van der Waals surface area contributed by atoms with Gasteiger partial charge in [0.25, 0.3) is 10.2 Å². The van der Waals surface area contributed by atoms with Gasteiger partial charge in [-0.3, -0.25) is 4.79 Å². The van der Waals surface area contributed by atoms with Crippen LogP contribution in [0.15, 0.2) is 0 Å². The number of carbonyl (C=O) groups is 1. The van der Waals surface area contributed by atoms with Gasteiger partial charge in [0.2, 0.25) is 0 Å². The molecule has 7 heteroatoms. The molecule has 0 fully saturated rings. The van der Waals surface area contributed by atoms with Gasteiger partial charge in [0.05, 0.1) is 13.0 Å². The number of nitrogens with zero attached hydrogens (tertiary/aromatic N) is 1. The van der Waals surface area contributed by atoms with Gasteiger partial charge in [-0.2, -0.15) is 12.7 Å². The van der Waals surface area contributed by atoms with Crippen molar-refractivity contribution in [3.05, 3.63) is 0 Å². The Morgan fingerprint density at radius 3 is 2.47 bits per heavy atom. The van der Waals surface area contributed by atoms with E-state index in [1.807, 2.05) is 13.8 Å². The highest BCUT2D eigenvalue weighted by Gasteiger charge is 2.18.